The number of carbonyl (C=O) groups excluding carboxylic acids is 1. The van der Waals surface area contributed by atoms with E-state index in [-0.39, 0.29) is 11.1 Å². The number of benzene rings is 1. The van der Waals surface area contributed by atoms with Crippen molar-refractivity contribution < 1.29 is 9.18 Å². The molecule has 1 N–H and O–H groups in total. The molecule has 1 amide bonds. The van der Waals surface area contributed by atoms with Gasteiger partial charge in [0, 0.05) is 24.9 Å². The van der Waals surface area contributed by atoms with Gasteiger partial charge in [-0.05, 0) is 24.3 Å². The minimum absolute atomic E-state index is 0.168. The smallest absolute Gasteiger partial charge is 0.255 e. The van der Waals surface area contributed by atoms with Crippen LogP contribution in [0.15, 0.2) is 47.4 Å². The zero-order valence-electron chi connectivity index (χ0n) is 9.68. The SMILES string of the molecule is Cn1cc(NC(=O)c2cccc(F)c2)ccc1=O. The Balaban J connectivity index is 2.21. The lowest BCUT2D eigenvalue weighted by Gasteiger charge is -2.06. The van der Waals surface area contributed by atoms with Gasteiger partial charge in [0.1, 0.15) is 5.82 Å². The molecule has 0 spiro atoms. The standard InChI is InChI=1S/C13H11FN2O2/c1-16-8-11(5-6-12(16)17)15-13(18)9-3-2-4-10(14)7-9/h2-8H,1H3,(H,15,18). The maximum absolute atomic E-state index is 13.0. The Morgan fingerprint density at radius 1 is 1.28 bits per heavy atom. The first-order chi connectivity index (χ1) is 8.56. The van der Waals surface area contributed by atoms with Crippen molar-refractivity contribution in [2.24, 2.45) is 7.05 Å². The van der Waals surface area contributed by atoms with Crippen LogP contribution in [0.3, 0.4) is 0 Å². The Labute approximate surface area is 103 Å². The van der Waals surface area contributed by atoms with Gasteiger partial charge in [0.25, 0.3) is 5.91 Å². The number of hydrogen-bond acceptors (Lipinski definition) is 2. The predicted octanol–water partition coefficient (Wildman–Crippen LogP) is 1.78. The maximum atomic E-state index is 13.0. The number of anilines is 1. The van der Waals surface area contributed by atoms with Gasteiger partial charge in [-0.15, -0.1) is 0 Å². The summed E-state index contributed by atoms with van der Waals surface area (Å²) in [6.07, 6.45) is 1.50. The van der Waals surface area contributed by atoms with Crippen molar-refractivity contribution in [3.63, 3.8) is 0 Å². The number of rotatable bonds is 2. The van der Waals surface area contributed by atoms with Crippen molar-refractivity contribution in [2.45, 2.75) is 0 Å². The minimum Gasteiger partial charge on any atom is -0.321 e. The summed E-state index contributed by atoms with van der Waals surface area (Å²) in [6, 6.07) is 8.24. The molecule has 0 atom stereocenters. The summed E-state index contributed by atoms with van der Waals surface area (Å²) in [5.41, 5.74) is 0.536. The average molecular weight is 246 g/mol. The summed E-state index contributed by atoms with van der Waals surface area (Å²) in [6.45, 7) is 0. The monoisotopic (exact) mass is 246 g/mol. The number of hydrogen-bond donors (Lipinski definition) is 1. The summed E-state index contributed by atoms with van der Waals surface area (Å²) in [4.78, 5) is 23.0. The van der Waals surface area contributed by atoms with Gasteiger partial charge in [-0.3, -0.25) is 9.59 Å². The molecular weight excluding hydrogens is 235 g/mol. The van der Waals surface area contributed by atoms with Gasteiger partial charge in [0.05, 0.1) is 5.69 Å². The third-order valence-corrected chi connectivity index (χ3v) is 2.43. The summed E-state index contributed by atoms with van der Waals surface area (Å²) in [7, 11) is 1.58. The zero-order valence-corrected chi connectivity index (χ0v) is 9.68. The summed E-state index contributed by atoms with van der Waals surface area (Å²) >= 11 is 0. The molecule has 0 saturated carbocycles. The lowest BCUT2D eigenvalue weighted by molar-refractivity contribution is 0.102. The number of carbonyl (C=O) groups is 1. The molecule has 4 nitrogen and oxygen atoms in total. The highest BCUT2D eigenvalue weighted by molar-refractivity contribution is 6.04. The molecule has 0 aliphatic carbocycles. The van der Waals surface area contributed by atoms with E-state index in [4.69, 9.17) is 0 Å². The third kappa shape index (κ3) is 2.63. The molecule has 0 fully saturated rings. The van der Waals surface area contributed by atoms with E-state index >= 15 is 0 Å². The molecular formula is C13H11FN2O2. The molecule has 1 heterocycles. The predicted molar refractivity (Wildman–Crippen MR) is 66.0 cm³/mol. The molecule has 2 rings (SSSR count). The van der Waals surface area contributed by atoms with Crippen LogP contribution in [-0.4, -0.2) is 10.5 Å². The van der Waals surface area contributed by atoms with Crippen LogP contribution in [0.2, 0.25) is 0 Å². The lowest BCUT2D eigenvalue weighted by Crippen LogP contribution is -2.18. The van der Waals surface area contributed by atoms with Crippen LogP contribution in [0.25, 0.3) is 0 Å². The first-order valence-corrected chi connectivity index (χ1v) is 5.30. The van der Waals surface area contributed by atoms with Crippen LogP contribution in [0.5, 0.6) is 0 Å². The van der Waals surface area contributed by atoms with Crippen molar-refractivity contribution in [1.29, 1.82) is 0 Å². The van der Waals surface area contributed by atoms with Crippen molar-refractivity contribution in [2.75, 3.05) is 5.32 Å². The second-order valence-corrected chi connectivity index (χ2v) is 3.83. The van der Waals surface area contributed by atoms with Gasteiger partial charge >= 0.3 is 0 Å². The number of halogens is 1. The fourth-order valence-electron chi connectivity index (χ4n) is 1.50. The first kappa shape index (κ1) is 12.0. The van der Waals surface area contributed by atoms with E-state index in [1.807, 2.05) is 0 Å². The van der Waals surface area contributed by atoms with Crippen molar-refractivity contribution in [3.05, 3.63) is 64.3 Å². The molecule has 0 unspecified atom stereocenters. The quantitative estimate of drug-likeness (QED) is 0.878. The normalized spacial score (nSPS) is 10.1. The maximum Gasteiger partial charge on any atom is 0.255 e. The van der Waals surface area contributed by atoms with Crippen LogP contribution < -0.4 is 10.9 Å². The highest BCUT2D eigenvalue weighted by Gasteiger charge is 2.07. The average Bonchev–Trinajstić information content (AvgIpc) is 2.34. The molecule has 0 radical (unpaired) electrons. The molecule has 92 valence electrons. The number of amides is 1. The lowest BCUT2D eigenvalue weighted by atomic mass is 10.2. The van der Waals surface area contributed by atoms with Gasteiger partial charge in [-0.25, -0.2) is 4.39 Å². The van der Waals surface area contributed by atoms with Crippen molar-refractivity contribution in [3.8, 4) is 0 Å². The Hall–Kier alpha value is -2.43. The highest BCUT2D eigenvalue weighted by atomic mass is 19.1. The number of pyridine rings is 1. The molecule has 18 heavy (non-hydrogen) atoms. The summed E-state index contributed by atoms with van der Waals surface area (Å²) in [5.74, 6) is -0.892. The number of nitrogens with one attached hydrogen (secondary N) is 1. The third-order valence-electron chi connectivity index (χ3n) is 2.43. The fraction of sp³-hybridized carbons (Fsp3) is 0.0769. The zero-order chi connectivity index (χ0) is 13.1. The molecule has 1 aromatic heterocycles. The second kappa shape index (κ2) is 4.83. The van der Waals surface area contributed by atoms with Crippen LogP contribution >= 0.6 is 0 Å². The number of nitrogens with zero attached hydrogens (tertiary/aromatic N) is 1. The van der Waals surface area contributed by atoms with E-state index in [0.717, 1.165) is 6.07 Å². The fourth-order valence-corrected chi connectivity index (χ4v) is 1.50. The Morgan fingerprint density at radius 2 is 2.06 bits per heavy atom. The minimum atomic E-state index is -0.469. The van der Waals surface area contributed by atoms with Gasteiger partial charge in [-0.1, -0.05) is 6.07 Å². The van der Waals surface area contributed by atoms with E-state index in [0.29, 0.717) is 5.69 Å². The van der Waals surface area contributed by atoms with Gasteiger partial charge < -0.3 is 9.88 Å². The van der Waals surface area contributed by atoms with Gasteiger partial charge in [0.15, 0.2) is 0 Å². The Bertz CT molecular complexity index is 649. The molecule has 0 bridgehead atoms. The first-order valence-electron chi connectivity index (χ1n) is 5.30. The van der Waals surface area contributed by atoms with Crippen LogP contribution in [-0.2, 0) is 7.05 Å². The largest absolute Gasteiger partial charge is 0.321 e. The van der Waals surface area contributed by atoms with Crippen LogP contribution in [0.1, 0.15) is 10.4 Å². The van der Waals surface area contributed by atoms with E-state index < -0.39 is 11.7 Å². The molecule has 5 heteroatoms. The molecule has 2 aromatic rings. The van der Waals surface area contributed by atoms with E-state index in [9.17, 15) is 14.0 Å². The molecule has 1 aromatic carbocycles. The summed E-state index contributed by atoms with van der Waals surface area (Å²) in [5, 5.41) is 2.59. The molecule has 0 saturated heterocycles. The number of aromatic nitrogens is 1. The van der Waals surface area contributed by atoms with E-state index in [2.05, 4.69) is 5.32 Å². The van der Waals surface area contributed by atoms with Crippen molar-refractivity contribution >= 4 is 11.6 Å². The Kier molecular flexibility index (Phi) is 3.23. The molecule has 0 aliphatic rings. The van der Waals surface area contributed by atoms with Crippen molar-refractivity contribution in [1.82, 2.24) is 4.57 Å². The molecule has 0 aliphatic heterocycles. The topological polar surface area (TPSA) is 51.1 Å². The second-order valence-electron chi connectivity index (χ2n) is 3.83. The summed E-state index contributed by atoms with van der Waals surface area (Å²) < 4.78 is 14.3. The van der Waals surface area contributed by atoms with Crippen LogP contribution in [0.4, 0.5) is 10.1 Å². The van der Waals surface area contributed by atoms with Gasteiger partial charge in [0.2, 0.25) is 5.56 Å². The number of aryl methyl sites for hydroxylation is 1. The van der Waals surface area contributed by atoms with E-state index in [1.54, 1.807) is 7.05 Å². The van der Waals surface area contributed by atoms with Gasteiger partial charge in [-0.2, -0.15) is 0 Å². The van der Waals surface area contributed by atoms with E-state index in [1.165, 1.54) is 41.1 Å². The Morgan fingerprint density at radius 3 is 2.72 bits per heavy atom. The van der Waals surface area contributed by atoms with Crippen LogP contribution in [0, 0.1) is 5.82 Å². The highest BCUT2D eigenvalue weighted by Crippen LogP contribution is 2.08.